The Kier molecular flexibility index (Phi) is 2.49. The number of fused-ring (bicyclic) bond motifs is 1. The number of hydrogen-bond acceptors (Lipinski definition) is 1. The lowest BCUT2D eigenvalue weighted by molar-refractivity contribution is 0.201. The van der Waals surface area contributed by atoms with Crippen molar-refractivity contribution in [2.24, 2.45) is 0 Å². The first-order valence-electron chi connectivity index (χ1n) is 4.97. The Balaban J connectivity index is 2.87. The highest BCUT2D eigenvalue weighted by Gasteiger charge is 2.16. The van der Waals surface area contributed by atoms with E-state index in [1.807, 2.05) is 19.9 Å². The molecule has 0 aliphatic heterocycles. The summed E-state index contributed by atoms with van der Waals surface area (Å²) in [5, 5.41) is 11.3. The molecule has 0 fully saturated rings. The molecule has 0 aliphatic rings. The van der Waals surface area contributed by atoms with Crippen LogP contribution in [0.1, 0.15) is 29.7 Å². The quantitative estimate of drug-likeness (QED) is 0.763. The number of aromatic amines is 1. The number of aryl methyl sites for hydroxylation is 2. The lowest BCUT2D eigenvalue weighted by atomic mass is 10.0. The molecule has 2 nitrogen and oxygen atoms in total. The zero-order valence-electron chi connectivity index (χ0n) is 9.06. The third-order valence-electron chi connectivity index (χ3n) is 2.65. The Bertz CT molecular complexity index is 514. The minimum atomic E-state index is -0.548. The van der Waals surface area contributed by atoms with Gasteiger partial charge in [-0.15, -0.1) is 0 Å². The van der Waals surface area contributed by atoms with Crippen LogP contribution in [0.2, 0.25) is 5.15 Å². The minimum Gasteiger partial charge on any atom is -0.389 e. The van der Waals surface area contributed by atoms with Gasteiger partial charge in [0.25, 0.3) is 0 Å². The smallest absolute Gasteiger partial charge is 0.113 e. The van der Waals surface area contributed by atoms with Crippen molar-refractivity contribution in [3.63, 3.8) is 0 Å². The summed E-state index contributed by atoms with van der Waals surface area (Å²) in [6.45, 7) is 5.81. The zero-order chi connectivity index (χ0) is 11.2. The molecule has 1 aromatic carbocycles. The van der Waals surface area contributed by atoms with E-state index < -0.39 is 6.10 Å². The van der Waals surface area contributed by atoms with Gasteiger partial charge in [0.15, 0.2) is 0 Å². The summed E-state index contributed by atoms with van der Waals surface area (Å²) in [5.74, 6) is 0. The van der Waals surface area contributed by atoms with E-state index in [0.717, 1.165) is 22.0 Å². The van der Waals surface area contributed by atoms with Crippen molar-refractivity contribution in [1.82, 2.24) is 4.98 Å². The number of hydrogen-bond donors (Lipinski definition) is 2. The molecule has 80 valence electrons. The fourth-order valence-electron chi connectivity index (χ4n) is 2.11. The van der Waals surface area contributed by atoms with Gasteiger partial charge in [-0.05, 0) is 38.0 Å². The normalized spacial score (nSPS) is 13.4. The molecule has 1 heterocycles. The van der Waals surface area contributed by atoms with E-state index in [2.05, 4.69) is 11.1 Å². The Hall–Kier alpha value is -0.990. The number of benzene rings is 1. The van der Waals surface area contributed by atoms with Gasteiger partial charge >= 0.3 is 0 Å². The number of aromatic nitrogens is 1. The van der Waals surface area contributed by atoms with Crippen LogP contribution in [0.15, 0.2) is 12.1 Å². The fourth-order valence-corrected chi connectivity index (χ4v) is 2.47. The van der Waals surface area contributed by atoms with Crippen LogP contribution in [0.25, 0.3) is 10.9 Å². The Morgan fingerprint density at radius 2 is 2.00 bits per heavy atom. The molecule has 0 amide bonds. The SMILES string of the molecule is Cc1cc(C)c2c(C(C)O)c(Cl)[nH]c2c1. The van der Waals surface area contributed by atoms with Crippen LogP contribution in [0, 0.1) is 13.8 Å². The Labute approximate surface area is 93.9 Å². The summed E-state index contributed by atoms with van der Waals surface area (Å²) >= 11 is 6.07. The highest BCUT2D eigenvalue weighted by Crippen LogP contribution is 2.33. The molecule has 0 saturated carbocycles. The van der Waals surface area contributed by atoms with E-state index in [4.69, 9.17) is 11.6 Å². The van der Waals surface area contributed by atoms with E-state index in [9.17, 15) is 5.11 Å². The topological polar surface area (TPSA) is 36.0 Å². The van der Waals surface area contributed by atoms with Gasteiger partial charge in [0.2, 0.25) is 0 Å². The monoisotopic (exact) mass is 223 g/mol. The van der Waals surface area contributed by atoms with Gasteiger partial charge in [-0.2, -0.15) is 0 Å². The lowest BCUT2D eigenvalue weighted by Crippen LogP contribution is -1.91. The van der Waals surface area contributed by atoms with Crippen LogP contribution in [0.4, 0.5) is 0 Å². The molecule has 2 rings (SSSR count). The number of rotatable bonds is 1. The van der Waals surface area contributed by atoms with Crippen molar-refractivity contribution < 1.29 is 5.11 Å². The fraction of sp³-hybridized carbons (Fsp3) is 0.333. The molecule has 0 aliphatic carbocycles. The average molecular weight is 224 g/mol. The largest absolute Gasteiger partial charge is 0.389 e. The van der Waals surface area contributed by atoms with Crippen molar-refractivity contribution in [3.8, 4) is 0 Å². The molecule has 0 radical (unpaired) electrons. The first-order valence-corrected chi connectivity index (χ1v) is 5.35. The van der Waals surface area contributed by atoms with Crippen LogP contribution in [0.5, 0.6) is 0 Å². The molecule has 0 saturated heterocycles. The summed E-state index contributed by atoms with van der Waals surface area (Å²) in [6, 6.07) is 4.14. The van der Waals surface area contributed by atoms with Crippen molar-refractivity contribution in [2.45, 2.75) is 26.9 Å². The third kappa shape index (κ3) is 1.64. The first kappa shape index (κ1) is 10.5. The molecule has 0 spiro atoms. The van der Waals surface area contributed by atoms with Crippen LogP contribution < -0.4 is 0 Å². The maximum absolute atomic E-state index is 9.68. The van der Waals surface area contributed by atoms with Crippen LogP contribution >= 0.6 is 11.6 Å². The highest BCUT2D eigenvalue weighted by molar-refractivity contribution is 6.31. The van der Waals surface area contributed by atoms with Gasteiger partial charge < -0.3 is 10.1 Å². The zero-order valence-corrected chi connectivity index (χ0v) is 9.81. The molecule has 2 aromatic rings. The molecule has 3 heteroatoms. The van der Waals surface area contributed by atoms with Crippen LogP contribution in [-0.2, 0) is 0 Å². The lowest BCUT2D eigenvalue weighted by Gasteiger charge is -2.06. The number of nitrogens with one attached hydrogen (secondary N) is 1. The predicted octanol–water partition coefficient (Wildman–Crippen LogP) is 3.49. The van der Waals surface area contributed by atoms with E-state index in [0.29, 0.717) is 5.15 Å². The van der Waals surface area contributed by atoms with E-state index in [1.54, 1.807) is 6.92 Å². The summed E-state index contributed by atoms with van der Waals surface area (Å²) in [5.41, 5.74) is 4.12. The summed E-state index contributed by atoms with van der Waals surface area (Å²) < 4.78 is 0. The number of aliphatic hydroxyl groups is 1. The molecule has 2 N–H and O–H groups in total. The molecule has 15 heavy (non-hydrogen) atoms. The van der Waals surface area contributed by atoms with Crippen LogP contribution in [0.3, 0.4) is 0 Å². The van der Waals surface area contributed by atoms with Crippen molar-refractivity contribution in [3.05, 3.63) is 34.0 Å². The van der Waals surface area contributed by atoms with Crippen molar-refractivity contribution in [1.29, 1.82) is 0 Å². The van der Waals surface area contributed by atoms with Crippen molar-refractivity contribution in [2.75, 3.05) is 0 Å². The average Bonchev–Trinajstić information content (AvgIpc) is 2.40. The number of aliphatic hydroxyl groups excluding tert-OH is 1. The molecule has 0 bridgehead atoms. The number of halogens is 1. The molecule has 1 unspecified atom stereocenters. The van der Waals surface area contributed by atoms with Gasteiger partial charge in [0, 0.05) is 16.5 Å². The first-order chi connectivity index (χ1) is 7.00. The summed E-state index contributed by atoms with van der Waals surface area (Å²) in [6.07, 6.45) is -0.548. The Morgan fingerprint density at radius 3 is 2.60 bits per heavy atom. The molecular weight excluding hydrogens is 210 g/mol. The second kappa shape index (κ2) is 3.54. The second-order valence-electron chi connectivity index (χ2n) is 4.03. The predicted molar refractivity (Wildman–Crippen MR) is 63.4 cm³/mol. The van der Waals surface area contributed by atoms with Crippen molar-refractivity contribution >= 4 is 22.5 Å². The second-order valence-corrected chi connectivity index (χ2v) is 4.41. The molecular formula is C12H14ClNO. The number of H-pyrrole nitrogens is 1. The summed E-state index contributed by atoms with van der Waals surface area (Å²) in [7, 11) is 0. The third-order valence-corrected chi connectivity index (χ3v) is 2.95. The standard InChI is InChI=1S/C12H14ClNO/c1-6-4-7(2)10-9(5-6)14-12(13)11(10)8(3)15/h4-5,8,14-15H,1-3H3. The van der Waals surface area contributed by atoms with Gasteiger partial charge in [-0.3, -0.25) is 0 Å². The maximum Gasteiger partial charge on any atom is 0.113 e. The molecule has 1 aromatic heterocycles. The molecule has 1 atom stereocenters. The van der Waals surface area contributed by atoms with E-state index >= 15 is 0 Å². The maximum atomic E-state index is 9.68. The van der Waals surface area contributed by atoms with Gasteiger partial charge in [-0.25, -0.2) is 0 Å². The van der Waals surface area contributed by atoms with Crippen LogP contribution in [-0.4, -0.2) is 10.1 Å². The summed E-state index contributed by atoms with van der Waals surface area (Å²) in [4.78, 5) is 3.10. The van der Waals surface area contributed by atoms with E-state index in [1.165, 1.54) is 5.56 Å². The Morgan fingerprint density at radius 1 is 1.33 bits per heavy atom. The van der Waals surface area contributed by atoms with Gasteiger partial charge in [0.1, 0.15) is 5.15 Å². The highest BCUT2D eigenvalue weighted by atomic mass is 35.5. The van der Waals surface area contributed by atoms with E-state index in [-0.39, 0.29) is 0 Å². The van der Waals surface area contributed by atoms with Gasteiger partial charge in [0.05, 0.1) is 6.10 Å². The minimum absolute atomic E-state index is 0.536. The van der Waals surface area contributed by atoms with Gasteiger partial charge in [-0.1, -0.05) is 17.7 Å².